The summed E-state index contributed by atoms with van der Waals surface area (Å²) in [5.41, 5.74) is -0.783. The van der Waals surface area contributed by atoms with E-state index >= 15 is 0 Å². The first-order valence-electron chi connectivity index (χ1n) is 8.91. The minimum absolute atomic E-state index is 0.0259. The summed E-state index contributed by atoms with van der Waals surface area (Å²) in [4.78, 5) is 77.3. The second-order valence-electron chi connectivity index (χ2n) is 6.25. The van der Waals surface area contributed by atoms with E-state index in [1.54, 1.807) is 60.7 Å². The van der Waals surface area contributed by atoms with E-state index in [1.165, 1.54) is 30.4 Å². The molecule has 162 valence electrons. The van der Waals surface area contributed by atoms with E-state index in [0.717, 1.165) is 0 Å². The van der Waals surface area contributed by atoms with E-state index in [-0.39, 0.29) is 22.0 Å². The normalized spacial score (nSPS) is 11.5. The van der Waals surface area contributed by atoms with Gasteiger partial charge in [-0.3, -0.25) is 0 Å². The number of aliphatic imine (C=N–C) groups is 3. The van der Waals surface area contributed by atoms with Crippen LogP contribution in [0.15, 0.2) is 102 Å². The number of isocyanates is 3. The van der Waals surface area contributed by atoms with E-state index in [4.69, 9.17) is 0 Å². The molecule has 0 aliphatic rings. The first-order chi connectivity index (χ1) is 15.4. The average Bonchev–Trinajstić information content (AvgIpc) is 2.78. The SMILES string of the molecule is O=C=Nc1ccc([SH](c2ccccc2)(c2ccccc2)=P(O)(O)O)c(N=C=O)c1N=C=O. The molecule has 0 heterocycles. The molecular weight excluding hydrogens is 453 g/mol. The molecule has 0 saturated heterocycles. The molecule has 32 heavy (non-hydrogen) atoms. The van der Waals surface area contributed by atoms with Crippen molar-refractivity contribution in [3.05, 3.63) is 72.8 Å². The summed E-state index contributed by atoms with van der Waals surface area (Å²) in [6.07, 6.45) is 3.97. The predicted molar refractivity (Wildman–Crippen MR) is 120 cm³/mol. The van der Waals surface area contributed by atoms with E-state index in [9.17, 15) is 29.1 Å². The molecular formula is C21H16N3O6PS. The van der Waals surface area contributed by atoms with Gasteiger partial charge in [0.05, 0.1) is 0 Å². The first-order valence-corrected chi connectivity index (χ1v) is 13.0. The molecule has 0 aromatic heterocycles. The zero-order chi connectivity index (χ0) is 23.2. The van der Waals surface area contributed by atoms with Crippen LogP contribution >= 0.6 is 6.72 Å². The molecule has 0 atom stereocenters. The number of carbonyl (C=O) groups excluding carboxylic acids is 3. The van der Waals surface area contributed by atoms with Crippen molar-refractivity contribution in [2.24, 2.45) is 15.0 Å². The third kappa shape index (κ3) is 4.00. The third-order valence-corrected chi connectivity index (χ3v) is 13.0. The maximum Gasteiger partial charge on any atom is 0.271 e. The van der Waals surface area contributed by atoms with Crippen molar-refractivity contribution < 1.29 is 29.1 Å². The number of benzene rings is 3. The molecule has 0 aliphatic heterocycles. The minimum Gasteiger partial charge on any atom is -0.329 e. The molecule has 0 aliphatic carbocycles. The lowest BCUT2D eigenvalue weighted by Gasteiger charge is -2.37. The van der Waals surface area contributed by atoms with Gasteiger partial charge >= 0.3 is 0 Å². The molecule has 11 heteroatoms. The lowest BCUT2D eigenvalue weighted by molar-refractivity contribution is 0.362. The Morgan fingerprint density at radius 1 is 0.625 bits per heavy atom. The van der Waals surface area contributed by atoms with E-state index in [2.05, 4.69) is 15.0 Å². The monoisotopic (exact) mass is 469 g/mol. The number of hydrogen-bond donors (Lipinski definition) is 4. The van der Waals surface area contributed by atoms with Gasteiger partial charge in [0.15, 0.2) is 0 Å². The summed E-state index contributed by atoms with van der Waals surface area (Å²) in [6.45, 7) is -4.77. The zero-order valence-electron chi connectivity index (χ0n) is 16.2. The van der Waals surface area contributed by atoms with Crippen LogP contribution in [0.1, 0.15) is 0 Å². The van der Waals surface area contributed by atoms with Gasteiger partial charge in [0.25, 0.3) is 6.72 Å². The Labute approximate surface area is 182 Å². The van der Waals surface area contributed by atoms with Crippen molar-refractivity contribution in [1.29, 1.82) is 0 Å². The van der Waals surface area contributed by atoms with Gasteiger partial charge in [0.2, 0.25) is 18.2 Å². The smallest absolute Gasteiger partial charge is 0.271 e. The lowest BCUT2D eigenvalue weighted by atomic mass is 10.2. The van der Waals surface area contributed by atoms with Gasteiger partial charge in [-0.05, 0) is 46.2 Å². The highest BCUT2D eigenvalue weighted by Gasteiger charge is 2.35. The van der Waals surface area contributed by atoms with Crippen molar-refractivity contribution in [2.45, 2.75) is 14.7 Å². The Kier molecular flexibility index (Phi) is 7.03. The van der Waals surface area contributed by atoms with Crippen LogP contribution in [-0.4, -0.2) is 32.9 Å². The topological polar surface area (TPSA) is 149 Å². The quantitative estimate of drug-likeness (QED) is 0.188. The van der Waals surface area contributed by atoms with Crippen LogP contribution in [0, 0.1) is 0 Å². The van der Waals surface area contributed by atoms with Gasteiger partial charge in [-0.15, -0.1) is 9.21 Å². The van der Waals surface area contributed by atoms with Crippen LogP contribution in [0.2, 0.25) is 0 Å². The summed E-state index contributed by atoms with van der Waals surface area (Å²) in [5.74, 6) is 0. The fourth-order valence-corrected chi connectivity index (χ4v) is 11.2. The van der Waals surface area contributed by atoms with Crippen molar-refractivity contribution in [3.8, 4) is 0 Å². The van der Waals surface area contributed by atoms with Gasteiger partial charge in [-0.1, -0.05) is 36.4 Å². The molecule has 3 N–H and O–H groups in total. The molecule has 3 rings (SSSR count). The predicted octanol–water partition coefficient (Wildman–Crippen LogP) is 3.61. The van der Waals surface area contributed by atoms with Gasteiger partial charge in [0, 0.05) is 4.90 Å². The Morgan fingerprint density at radius 2 is 1.09 bits per heavy atom. The molecule has 0 saturated carbocycles. The highest BCUT2D eigenvalue weighted by atomic mass is 32.6. The summed E-state index contributed by atoms with van der Waals surface area (Å²) in [5, 5.41) is 0. The Morgan fingerprint density at radius 3 is 1.53 bits per heavy atom. The van der Waals surface area contributed by atoms with Crippen molar-refractivity contribution in [2.75, 3.05) is 0 Å². The molecule has 9 nitrogen and oxygen atoms in total. The summed E-state index contributed by atoms with van der Waals surface area (Å²) in [7, 11) is -3.72. The highest BCUT2D eigenvalue weighted by molar-refractivity contribution is 8.39. The third-order valence-electron chi connectivity index (χ3n) is 4.60. The van der Waals surface area contributed by atoms with E-state index in [0.29, 0.717) is 9.79 Å². The number of thiol groups is 1. The zero-order valence-corrected chi connectivity index (χ0v) is 18.0. The van der Waals surface area contributed by atoms with Crippen LogP contribution in [0.3, 0.4) is 0 Å². The molecule has 0 amide bonds. The molecule has 0 fully saturated rings. The van der Waals surface area contributed by atoms with Crippen LogP contribution in [-0.2, 0) is 23.6 Å². The molecule has 0 radical (unpaired) electrons. The molecule has 0 spiro atoms. The largest absolute Gasteiger partial charge is 0.329 e. The Hall–Kier alpha value is -3.54. The minimum atomic E-state index is -4.77. The Bertz CT molecular complexity index is 1330. The molecule has 0 bridgehead atoms. The molecule has 0 unspecified atom stereocenters. The summed E-state index contributed by atoms with van der Waals surface area (Å²) >= 11 is 0. The van der Waals surface area contributed by atoms with Gasteiger partial charge in [-0.2, -0.15) is 15.0 Å². The fourth-order valence-electron chi connectivity index (χ4n) is 3.44. The van der Waals surface area contributed by atoms with Crippen LogP contribution in [0.4, 0.5) is 17.1 Å². The molecule has 3 aromatic rings. The Balaban J connectivity index is 2.71. The van der Waals surface area contributed by atoms with E-state index < -0.39 is 15.9 Å². The number of hydrogen-bond acceptors (Lipinski definition) is 6. The maximum atomic E-state index is 11.3. The van der Waals surface area contributed by atoms with Crippen LogP contribution < -0.4 is 0 Å². The summed E-state index contributed by atoms with van der Waals surface area (Å²) < 4.78 is 0. The number of nitrogens with zero attached hydrogens (tertiary/aromatic N) is 3. The first kappa shape index (κ1) is 23.1. The van der Waals surface area contributed by atoms with Crippen LogP contribution in [0.5, 0.6) is 0 Å². The van der Waals surface area contributed by atoms with Crippen molar-refractivity contribution in [1.82, 2.24) is 0 Å². The second kappa shape index (κ2) is 9.73. The average molecular weight is 469 g/mol. The lowest BCUT2D eigenvalue weighted by Crippen LogP contribution is -2.17. The van der Waals surface area contributed by atoms with Gasteiger partial charge < -0.3 is 14.7 Å². The molecule has 3 aromatic carbocycles. The summed E-state index contributed by atoms with van der Waals surface area (Å²) in [6, 6.07) is 19.1. The van der Waals surface area contributed by atoms with Gasteiger partial charge in [0.1, 0.15) is 17.1 Å². The fraction of sp³-hybridized carbons (Fsp3) is 0. The standard InChI is InChI=1S/C21H16N3O6PS/c25-13-22-18-11-12-19(21(24-15-27)20(18)23-14-26)32(31(28,29)30,16-7-3-1-4-8-16)17-9-5-2-6-10-17/h1-12,28-30,32H. The van der Waals surface area contributed by atoms with Crippen molar-refractivity contribution >= 4 is 51.2 Å². The van der Waals surface area contributed by atoms with Crippen LogP contribution in [0.25, 0.3) is 0 Å². The maximum absolute atomic E-state index is 11.3. The van der Waals surface area contributed by atoms with E-state index in [1.807, 2.05) is 0 Å². The second-order valence-corrected chi connectivity index (χ2v) is 13.5. The highest BCUT2D eigenvalue weighted by Crippen LogP contribution is 2.60. The number of rotatable bonds is 6. The van der Waals surface area contributed by atoms with Crippen molar-refractivity contribution in [3.63, 3.8) is 0 Å². The van der Waals surface area contributed by atoms with Gasteiger partial charge in [-0.25, -0.2) is 14.4 Å².